The second-order valence-electron chi connectivity index (χ2n) is 6.44. The van der Waals surface area contributed by atoms with E-state index in [-0.39, 0.29) is 5.56 Å². The predicted molar refractivity (Wildman–Crippen MR) is 86.5 cm³/mol. The fraction of sp³-hybridized carbons (Fsp3) is 0.438. The fourth-order valence-corrected chi connectivity index (χ4v) is 2.15. The third-order valence-corrected chi connectivity index (χ3v) is 4.30. The van der Waals surface area contributed by atoms with E-state index in [1.165, 1.54) is 0 Å². The number of hydrogen-bond donors (Lipinski definition) is 2. The van der Waals surface area contributed by atoms with Crippen LogP contribution in [-0.2, 0) is 9.31 Å². The highest BCUT2D eigenvalue weighted by atomic mass is 16.7. The van der Waals surface area contributed by atoms with Crippen molar-refractivity contribution < 1.29 is 19.2 Å². The Morgan fingerprint density at radius 2 is 1.68 bits per heavy atom. The zero-order valence-corrected chi connectivity index (χ0v) is 13.4. The van der Waals surface area contributed by atoms with Crippen LogP contribution in [0.2, 0.25) is 0 Å². The summed E-state index contributed by atoms with van der Waals surface area (Å²) in [5, 5.41) is 8.92. The first-order valence-corrected chi connectivity index (χ1v) is 7.26. The molecule has 0 aromatic heterocycles. The van der Waals surface area contributed by atoms with Crippen molar-refractivity contribution in [1.29, 1.82) is 0 Å². The molecule has 22 heavy (non-hydrogen) atoms. The molecule has 0 radical (unpaired) electrons. The first-order chi connectivity index (χ1) is 10.2. The normalized spacial score (nSPS) is 20.2. The molecule has 0 amide bonds. The molecule has 0 bridgehead atoms. The van der Waals surface area contributed by atoms with Gasteiger partial charge in [0.1, 0.15) is 0 Å². The molecule has 1 saturated heterocycles. The van der Waals surface area contributed by atoms with Gasteiger partial charge < -0.3 is 20.1 Å². The lowest BCUT2D eigenvalue weighted by Crippen LogP contribution is -2.41. The molecule has 1 aliphatic heterocycles. The van der Waals surface area contributed by atoms with Crippen molar-refractivity contribution >= 4 is 19.2 Å². The standard InChI is InChI=1S/C16H22BNO4/c1-15(2)16(3,4)22-17(21-15)13(10-18)9-11-5-7-12(8-6-11)14(19)20/h5-9H,10,18H2,1-4H3,(H,19,20). The smallest absolute Gasteiger partial charge is 0.478 e. The molecule has 1 aromatic carbocycles. The molecule has 6 heteroatoms. The van der Waals surface area contributed by atoms with Gasteiger partial charge in [0, 0.05) is 6.54 Å². The van der Waals surface area contributed by atoms with Gasteiger partial charge in [0.25, 0.3) is 0 Å². The Kier molecular flexibility index (Phi) is 4.47. The highest BCUT2D eigenvalue weighted by Crippen LogP contribution is 2.38. The summed E-state index contributed by atoms with van der Waals surface area (Å²) in [7, 11) is -0.492. The molecule has 118 valence electrons. The molecule has 0 spiro atoms. The van der Waals surface area contributed by atoms with Crippen molar-refractivity contribution in [1.82, 2.24) is 0 Å². The molecule has 1 heterocycles. The van der Waals surface area contributed by atoms with Crippen molar-refractivity contribution in [2.45, 2.75) is 38.9 Å². The lowest BCUT2D eigenvalue weighted by Gasteiger charge is -2.32. The molecule has 0 aliphatic carbocycles. The van der Waals surface area contributed by atoms with Gasteiger partial charge in [0.05, 0.1) is 16.8 Å². The van der Waals surface area contributed by atoms with Crippen LogP contribution >= 0.6 is 0 Å². The topological polar surface area (TPSA) is 81.8 Å². The van der Waals surface area contributed by atoms with Gasteiger partial charge in [-0.05, 0) is 50.9 Å². The number of nitrogens with two attached hydrogens (primary N) is 1. The molecule has 2 rings (SSSR count). The number of benzene rings is 1. The first kappa shape index (κ1) is 16.7. The Balaban J connectivity index is 2.23. The van der Waals surface area contributed by atoms with Crippen molar-refractivity contribution in [2.24, 2.45) is 5.73 Å². The van der Waals surface area contributed by atoms with Gasteiger partial charge in [-0.25, -0.2) is 4.79 Å². The third kappa shape index (κ3) is 3.24. The molecule has 1 aliphatic rings. The van der Waals surface area contributed by atoms with Crippen LogP contribution in [-0.4, -0.2) is 35.9 Å². The lowest BCUT2D eigenvalue weighted by molar-refractivity contribution is 0.00578. The van der Waals surface area contributed by atoms with Gasteiger partial charge in [-0.2, -0.15) is 0 Å². The lowest BCUT2D eigenvalue weighted by atomic mass is 9.77. The van der Waals surface area contributed by atoms with E-state index in [9.17, 15) is 4.79 Å². The second-order valence-corrected chi connectivity index (χ2v) is 6.44. The summed E-state index contributed by atoms with van der Waals surface area (Å²) in [6, 6.07) is 6.60. The van der Waals surface area contributed by atoms with E-state index in [2.05, 4.69) is 0 Å². The van der Waals surface area contributed by atoms with Crippen molar-refractivity contribution in [3.05, 3.63) is 40.9 Å². The number of aromatic carboxylic acids is 1. The average Bonchev–Trinajstić information content (AvgIpc) is 2.65. The molecule has 3 N–H and O–H groups in total. The van der Waals surface area contributed by atoms with Gasteiger partial charge in [-0.3, -0.25) is 0 Å². The molecule has 0 unspecified atom stereocenters. The number of carbonyl (C=O) groups is 1. The fourth-order valence-electron chi connectivity index (χ4n) is 2.15. The Bertz CT molecular complexity index is 577. The average molecular weight is 303 g/mol. The molecule has 0 atom stereocenters. The van der Waals surface area contributed by atoms with Crippen molar-refractivity contribution in [3.63, 3.8) is 0 Å². The van der Waals surface area contributed by atoms with Gasteiger partial charge in [0.2, 0.25) is 0 Å². The van der Waals surface area contributed by atoms with Gasteiger partial charge in [0.15, 0.2) is 0 Å². The molecule has 1 aromatic rings. The van der Waals surface area contributed by atoms with Gasteiger partial charge in [-0.15, -0.1) is 0 Å². The minimum absolute atomic E-state index is 0.252. The van der Waals surface area contributed by atoms with Crippen LogP contribution in [0, 0.1) is 0 Å². The summed E-state index contributed by atoms with van der Waals surface area (Å²) in [5.41, 5.74) is 6.93. The van der Waals surface area contributed by atoms with E-state index >= 15 is 0 Å². The number of carboxylic acids is 1. The van der Waals surface area contributed by atoms with Gasteiger partial charge in [-0.1, -0.05) is 18.2 Å². The predicted octanol–water partition coefficient (Wildman–Crippen LogP) is 2.36. The maximum atomic E-state index is 10.9. The molecule has 5 nitrogen and oxygen atoms in total. The minimum Gasteiger partial charge on any atom is -0.478 e. The summed E-state index contributed by atoms with van der Waals surface area (Å²) < 4.78 is 12.0. The zero-order chi connectivity index (χ0) is 16.5. The minimum atomic E-state index is -0.944. The van der Waals surface area contributed by atoms with Crippen LogP contribution < -0.4 is 5.73 Å². The van der Waals surface area contributed by atoms with Crippen LogP contribution in [0.1, 0.15) is 43.6 Å². The highest BCUT2D eigenvalue weighted by Gasteiger charge is 2.52. The largest absolute Gasteiger partial charge is 0.491 e. The SMILES string of the molecule is CC1(C)OB(C(=Cc2ccc(C(=O)O)cc2)CN)OC1(C)C. The molecular weight excluding hydrogens is 281 g/mol. The van der Waals surface area contributed by atoms with Crippen LogP contribution in [0.3, 0.4) is 0 Å². The summed E-state index contributed by atoms with van der Waals surface area (Å²) in [6.07, 6.45) is 1.88. The van der Waals surface area contributed by atoms with Crippen molar-refractivity contribution in [2.75, 3.05) is 6.54 Å². The summed E-state index contributed by atoms with van der Waals surface area (Å²) >= 11 is 0. The molecule has 0 saturated carbocycles. The van der Waals surface area contributed by atoms with E-state index in [1.807, 2.05) is 33.8 Å². The summed E-state index contributed by atoms with van der Waals surface area (Å²) in [6.45, 7) is 8.26. The van der Waals surface area contributed by atoms with Crippen LogP contribution in [0.15, 0.2) is 29.7 Å². The molecular formula is C16H22BNO4. The number of hydrogen-bond acceptors (Lipinski definition) is 4. The second kappa shape index (κ2) is 5.87. The number of rotatable bonds is 4. The monoisotopic (exact) mass is 303 g/mol. The highest BCUT2D eigenvalue weighted by molar-refractivity contribution is 6.55. The Morgan fingerprint density at radius 1 is 1.18 bits per heavy atom. The van der Waals surface area contributed by atoms with Gasteiger partial charge >= 0.3 is 13.1 Å². The van der Waals surface area contributed by atoms with E-state index in [0.717, 1.165) is 11.0 Å². The Morgan fingerprint density at radius 3 is 2.09 bits per heavy atom. The molecule has 1 fully saturated rings. The van der Waals surface area contributed by atoms with E-state index in [1.54, 1.807) is 24.3 Å². The van der Waals surface area contributed by atoms with E-state index < -0.39 is 24.3 Å². The maximum absolute atomic E-state index is 10.9. The first-order valence-electron chi connectivity index (χ1n) is 7.26. The van der Waals surface area contributed by atoms with E-state index in [0.29, 0.717) is 6.54 Å². The van der Waals surface area contributed by atoms with Crippen LogP contribution in [0.4, 0.5) is 0 Å². The maximum Gasteiger partial charge on any atom is 0.491 e. The quantitative estimate of drug-likeness (QED) is 0.834. The third-order valence-electron chi connectivity index (χ3n) is 4.30. The van der Waals surface area contributed by atoms with Crippen LogP contribution in [0.25, 0.3) is 6.08 Å². The number of carboxylic acid groups (broad SMARTS) is 1. The van der Waals surface area contributed by atoms with Crippen LogP contribution in [0.5, 0.6) is 0 Å². The Hall–Kier alpha value is -1.63. The zero-order valence-electron chi connectivity index (χ0n) is 13.4. The van der Waals surface area contributed by atoms with E-state index in [4.69, 9.17) is 20.1 Å². The summed E-state index contributed by atoms with van der Waals surface area (Å²) in [5.74, 6) is -0.944. The van der Waals surface area contributed by atoms with Crippen molar-refractivity contribution in [3.8, 4) is 0 Å². The summed E-state index contributed by atoms with van der Waals surface area (Å²) in [4.78, 5) is 10.9. The Labute approximate surface area is 131 Å².